The highest BCUT2D eigenvalue weighted by Gasteiger charge is 2.19. The molecule has 1 aromatic heterocycles. The third-order valence-electron chi connectivity index (χ3n) is 3.51. The van der Waals surface area contributed by atoms with E-state index in [0.29, 0.717) is 6.04 Å². The van der Waals surface area contributed by atoms with Gasteiger partial charge in [-0.25, -0.2) is 0 Å². The molecule has 0 saturated carbocycles. The summed E-state index contributed by atoms with van der Waals surface area (Å²) in [4.78, 5) is 0. The van der Waals surface area contributed by atoms with Crippen molar-refractivity contribution in [2.45, 2.75) is 32.4 Å². The second-order valence-corrected chi connectivity index (χ2v) is 4.92. The van der Waals surface area contributed by atoms with E-state index in [2.05, 4.69) is 24.4 Å². The van der Waals surface area contributed by atoms with Crippen LogP contribution >= 0.6 is 0 Å². The number of hydrogen-bond donors (Lipinski definition) is 1. The van der Waals surface area contributed by atoms with Crippen LogP contribution in [-0.2, 0) is 19.4 Å². The van der Waals surface area contributed by atoms with Crippen molar-refractivity contribution in [3.8, 4) is 5.75 Å². The van der Waals surface area contributed by atoms with Crippen molar-refractivity contribution in [3.05, 3.63) is 53.5 Å². The standard InChI is InChI=1S/C16H19NO2/c1-2-14-7-8-15(19-14)10-17-13-9-12-5-3-4-6-16(12)18-11-13/h3-8,13,17H,2,9-11H2,1H3/t13-/m0/s1. The third-order valence-corrected chi connectivity index (χ3v) is 3.51. The largest absolute Gasteiger partial charge is 0.492 e. The van der Waals surface area contributed by atoms with Crippen LogP contribution in [0.15, 0.2) is 40.8 Å². The Morgan fingerprint density at radius 2 is 2.00 bits per heavy atom. The van der Waals surface area contributed by atoms with E-state index in [-0.39, 0.29) is 0 Å². The lowest BCUT2D eigenvalue weighted by molar-refractivity contribution is 0.235. The Bertz CT molecular complexity index is 547. The molecule has 0 spiro atoms. The first-order valence-electron chi connectivity index (χ1n) is 6.87. The molecule has 0 unspecified atom stereocenters. The molecule has 1 aromatic carbocycles. The SMILES string of the molecule is CCc1ccc(CN[C@@H]2COc3ccccc3C2)o1. The van der Waals surface area contributed by atoms with Crippen molar-refractivity contribution < 1.29 is 9.15 Å². The average molecular weight is 257 g/mol. The van der Waals surface area contributed by atoms with Crippen LogP contribution < -0.4 is 10.1 Å². The third kappa shape index (κ3) is 2.82. The first-order valence-corrected chi connectivity index (χ1v) is 6.87. The quantitative estimate of drug-likeness (QED) is 0.914. The van der Waals surface area contributed by atoms with E-state index in [1.807, 2.05) is 24.3 Å². The first kappa shape index (κ1) is 12.3. The van der Waals surface area contributed by atoms with Crippen molar-refractivity contribution in [2.24, 2.45) is 0 Å². The minimum atomic E-state index is 0.352. The van der Waals surface area contributed by atoms with Crippen molar-refractivity contribution in [1.82, 2.24) is 5.32 Å². The van der Waals surface area contributed by atoms with Gasteiger partial charge in [-0.3, -0.25) is 0 Å². The molecule has 1 N–H and O–H groups in total. The van der Waals surface area contributed by atoms with Crippen LogP contribution in [0.2, 0.25) is 0 Å². The van der Waals surface area contributed by atoms with E-state index >= 15 is 0 Å². The lowest BCUT2D eigenvalue weighted by Crippen LogP contribution is -2.38. The summed E-state index contributed by atoms with van der Waals surface area (Å²) in [5.74, 6) is 3.06. The van der Waals surface area contributed by atoms with E-state index in [4.69, 9.17) is 9.15 Å². The molecule has 0 aliphatic carbocycles. The number of benzene rings is 1. The molecule has 3 rings (SSSR count). The minimum Gasteiger partial charge on any atom is -0.492 e. The molecule has 2 heterocycles. The molecular weight excluding hydrogens is 238 g/mol. The summed E-state index contributed by atoms with van der Waals surface area (Å²) < 4.78 is 11.4. The number of ether oxygens (including phenoxy) is 1. The summed E-state index contributed by atoms with van der Waals surface area (Å²) in [6.45, 7) is 3.58. The van der Waals surface area contributed by atoms with Crippen LogP contribution in [0.1, 0.15) is 24.0 Å². The lowest BCUT2D eigenvalue weighted by atomic mass is 10.0. The van der Waals surface area contributed by atoms with Gasteiger partial charge in [-0.1, -0.05) is 25.1 Å². The molecule has 0 saturated heterocycles. The normalized spacial score (nSPS) is 17.8. The molecule has 2 aromatic rings. The second-order valence-electron chi connectivity index (χ2n) is 4.92. The molecule has 100 valence electrons. The molecular formula is C16H19NO2. The van der Waals surface area contributed by atoms with Gasteiger partial charge >= 0.3 is 0 Å². The van der Waals surface area contributed by atoms with Crippen LogP contribution in [0, 0.1) is 0 Å². The Morgan fingerprint density at radius 3 is 2.84 bits per heavy atom. The highest BCUT2D eigenvalue weighted by atomic mass is 16.5. The lowest BCUT2D eigenvalue weighted by Gasteiger charge is -2.25. The zero-order valence-corrected chi connectivity index (χ0v) is 11.2. The van der Waals surface area contributed by atoms with Crippen LogP contribution in [-0.4, -0.2) is 12.6 Å². The highest BCUT2D eigenvalue weighted by Crippen LogP contribution is 2.24. The number of furan rings is 1. The number of para-hydroxylation sites is 1. The van der Waals surface area contributed by atoms with Crippen LogP contribution in [0.25, 0.3) is 0 Å². The smallest absolute Gasteiger partial charge is 0.122 e. The average Bonchev–Trinajstić information content (AvgIpc) is 2.93. The molecule has 1 aliphatic heterocycles. The summed E-state index contributed by atoms with van der Waals surface area (Å²) in [6.07, 6.45) is 1.96. The Hall–Kier alpha value is -1.74. The van der Waals surface area contributed by atoms with Crippen molar-refractivity contribution in [3.63, 3.8) is 0 Å². The second kappa shape index (κ2) is 5.49. The highest BCUT2D eigenvalue weighted by molar-refractivity contribution is 5.35. The molecule has 3 nitrogen and oxygen atoms in total. The van der Waals surface area contributed by atoms with Gasteiger partial charge in [0.2, 0.25) is 0 Å². The fraction of sp³-hybridized carbons (Fsp3) is 0.375. The van der Waals surface area contributed by atoms with Gasteiger partial charge in [0.15, 0.2) is 0 Å². The van der Waals surface area contributed by atoms with Gasteiger partial charge in [-0.05, 0) is 30.2 Å². The Balaban J connectivity index is 1.57. The topological polar surface area (TPSA) is 34.4 Å². The maximum Gasteiger partial charge on any atom is 0.122 e. The van der Waals surface area contributed by atoms with Crippen LogP contribution in [0.3, 0.4) is 0 Å². The molecule has 19 heavy (non-hydrogen) atoms. The number of fused-ring (bicyclic) bond motifs is 1. The van der Waals surface area contributed by atoms with Gasteiger partial charge in [-0.15, -0.1) is 0 Å². The molecule has 0 amide bonds. The van der Waals surface area contributed by atoms with E-state index in [1.54, 1.807) is 0 Å². The summed E-state index contributed by atoms with van der Waals surface area (Å²) in [6, 6.07) is 12.7. The van der Waals surface area contributed by atoms with E-state index < -0.39 is 0 Å². The van der Waals surface area contributed by atoms with Crippen LogP contribution in [0.5, 0.6) is 5.75 Å². The van der Waals surface area contributed by atoms with E-state index in [9.17, 15) is 0 Å². The zero-order valence-electron chi connectivity index (χ0n) is 11.2. The monoisotopic (exact) mass is 257 g/mol. The first-order chi connectivity index (χ1) is 9.35. The summed E-state index contributed by atoms with van der Waals surface area (Å²) in [7, 11) is 0. The molecule has 0 fully saturated rings. The van der Waals surface area contributed by atoms with Gasteiger partial charge in [-0.2, -0.15) is 0 Å². The number of rotatable bonds is 4. The fourth-order valence-electron chi connectivity index (χ4n) is 2.41. The summed E-state index contributed by atoms with van der Waals surface area (Å²) >= 11 is 0. The molecule has 0 radical (unpaired) electrons. The number of nitrogens with one attached hydrogen (secondary N) is 1. The van der Waals surface area contributed by atoms with Gasteiger partial charge in [0.05, 0.1) is 6.54 Å². The number of aryl methyl sites for hydroxylation is 1. The van der Waals surface area contributed by atoms with E-state index in [0.717, 1.165) is 43.3 Å². The van der Waals surface area contributed by atoms with Gasteiger partial charge in [0.1, 0.15) is 23.9 Å². The minimum absolute atomic E-state index is 0.352. The molecule has 0 bridgehead atoms. The summed E-state index contributed by atoms with van der Waals surface area (Å²) in [5, 5.41) is 3.50. The Kier molecular flexibility index (Phi) is 3.56. The van der Waals surface area contributed by atoms with Gasteiger partial charge in [0, 0.05) is 12.5 Å². The molecule has 3 heteroatoms. The Morgan fingerprint density at radius 1 is 1.16 bits per heavy atom. The van der Waals surface area contributed by atoms with Crippen LogP contribution in [0.4, 0.5) is 0 Å². The fourth-order valence-corrected chi connectivity index (χ4v) is 2.41. The van der Waals surface area contributed by atoms with Crippen molar-refractivity contribution in [1.29, 1.82) is 0 Å². The summed E-state index contributed by atoms with van der Waals surface area (Å²) in [5.41, 5.74) is 1.28. The predicted octanol–water partition coefficient (Wildman–Crippen LogP) is 2.94. The van der Waals surface area contributed by atoms with Crippen molar-refractivity contribution in [2.75, 3.05) is 6.61 Å². The van der Waals surface area contributed by atoms with E-state index in [1.165, 1.54) is 5.56 Å². The van der Waals surface area contributed by atoms with Gasteiger partial charge < -0.3 is 14.5 Å². The maximum atomic E-state index is 5.76. The molecule has 1 aliphatic rings. The number of hydrogen-bond acceptors (Lipinski definition) is 3. The zero-order chi connectivity index (χ0) is 13.1. The molecule has 1 atom stereocenters. The predicted molar refractivity (Wildman–Crippen MR) is 74.4 cm³/mol. The maximum absolute atomic E-state index is 5.76. The Labute approximate surface area is 113 Å². The van der Waals surface area contributed by atoms with Gasteiger partial charge in [0.25, 0.3) is 0 Å². The van der Waals surface area contributed by atoms with Crippen molar-refractivity contribution >= 4 is 0 Å².